The summed E-state index contributed by atoms with van der Waals surface area (Å²) < 4.78 is 0. The third-order valence-corrected chi connectivity index (χ3v) is 3.98. The van der Waals surface area contributed by atoms with Crippen LogP contribution in [0.5, 0.6) is 0 Å². The molecule has 0 aromatic heterocycles. The zero-order valence-electron chi connectivity index (χ0n) is 9.06. The predicted octanol–water partition coefficient (Wildman–Crippen LogP) is 2.91. The fourth-order valence-electron chi connectivity index (χ4n) is 2.42. The summed E-state index contributed by atoms with van der Waals surface area (Å²) in [5.41, 5.74) is 0.479. The predicted molar refractivity (Wildman–Crippen MR) is 54.3 cm³/mol. The van der Waals surface area contributed by atoms with Gasteiger partial charge in [0.15, 0.2) is 0 Å². The lowest BCUT2D eigenvalue weighted by Gasteiger charge is -2.46. The minimum Gasteiger partial charge on any atom is -0.301 e. The molecule has 0 aliphatic heterocycles. The van der Waals surface area contributed by atoms with Crippen LogP contribution in [0.3, 0.4) is 0 Å². The quantitative estimate of drug-likeness (QED) is 0.614. The number of nitrogens with zero attached hydrogens (tertiary/aromatic N) is 1. The van der Waals surface area contributed by atoms with Crippen LogP contribution in [0.25, 0.3) is 0 Å². The topological polar surface area (TPSA) is 3.24 Å². The van der Waals surface area contributed by atoms with Gasteiger partial charge >= 0.3 is 0 Å². The van der Waals surface area contributed by atoms with E-state index in [0.29, 0.717) is 5.54 Å². The first-order valence-electron chi connectivity index (χ1n) is 5.32. The highest BCUT2D eigenvalue weighted by molar-refractivity contribution is 4.91. The van der Waals surface area contributed by atoms with E-state index in [0.717, 1.165) is 5.92 Å². The van der Waals surface area contributed by atoms with Gasteiger partial charge in [-0.3, -0.25) is 0 Å². The lowest BCUT2D eigenvalue weighted by atomic mass is 9.74. The second kappa shape index (κ2) is 3.78. The molecule has 0 bridgehead atoms. The van der Waals surface area contributed by atoms with E-state index in [1.54, 1.807) is 0 Å². The number of hydrogen-bond donors (Lipinski definition) is 0. The van der Waals surface area contributed by atoms with Crippen molar-refractivity contribution in [2.45, 2.75) is 52.0 Å². The van der Waals surface area contributed by atoms with E-state index in [2.05, 4.69) is 32.7 Å². The van der Waals surface area contributed by atoms with Crippen LogP contribution in [0.4, 0.5) is 0 Å². The fraction of sp³-hybridized carbons (Fsp3) is 1.00. The Morgan fingerprint density at radius 1 is 1.42 bits per heavy atom. The van der Waals surface area contributed by atoms with Gasteiger partial charge in [0.25, 0.3) is 0 Å². The zero-order chi connectivity index (χ0) is 9.19. The molecular formula is C11H23N. The molecule has 1 aliphatic rings. The largest absolute Gasteiger partial charge is 0.301 e. The minimum absolute atomic E-state index is 0.479. The molecule has 1 rings (SSSR count). The zero-order valence-corrected chi connectivity index (χ0v) is 9.06. The van der Waals surface area contributed by atoms with E-state index < -0.39 is 0 Å². The molecule has 1 fully saturated rings. The Morgan fingerprint density at radius 2 is 2.08 bits per heavy atom. The van der Waals surface area contributed by atoms with E-state index in [4.69, 9.17) is 0 Å². The van der Waals surface area contributed by atoms with Crippen LogP contribution < -0.4 is 0 Å². The van der Waals surface area contributed by atoms with Gasteiger partial charge in [-0.05, 0) is 39.3 Å². The molecule has 1 aliphatic carbocycles. The standard InChI is InChI=1S/C11H23N/c1-5-12(4)11(3)9-7-6-8-10(11)2/h10H,5-9H2,1-4H3. The molecule has 1 nitrogen and oxygen atoms in total. The SMILES string of the molecule is CCN(C)C1(C)CCCCC1C. The van der Waals surface area contributed by atoms with E-state index in [1.165, 1.54) is 32.2 Å². The first-order chi connectivity index (χ1) is 5.61. The van der Waals surface area contributed by atoms with Gasteiger partial charge in [-0.2, -0.15) is 0 Å². The van der Waals surface area contributed by atoms with Crippen molar-refractivity contribution in [1.29, 1.82) is 0 Å². The molecule has 0 amide bonds. The van der Waals surface area contributed by atoms with E-state index in [9.17, 15) is 0 Å². The molecule has 1 heteroatoms. The Bertz CT molecular complexity index is 138. The van der Waals surface area contributed by atoms with Crippen LogP contribution in [0.2, 0.25) is 0 Å². The highest BCUT2D eigenvalue weighted by Crippen LogP contribution is 2.36. The third kappa shape index (κ3) is 1.66. The maximum atomic E-state index is 2.52. The van der Waals surface area contributed by atoms with Gasteiger partial charge < -0.3 is 4.90 Å². The number of rotatable bonds is 2. The maximum Gasteiger partial charge on any atom is 0.0203 e. The summed E-state index contributed by atoms with van der Waals surface area (Å²) in [7, 11) is 2.27. The van der Waals surface area contributed by atoms with Gasteiger partial charge in [0, 0.05) is 5.54 Å². The van der Waals surface area contributed by atoms with Crippen LogP contribution in [-0.4, -0.2) is 24.0 Å². The fourth-order valence-corrected chi connectivity index (χ4v) is 2.42. The third-order valence-electron chi connectivity index (χ3n) is 3.98. The lowest BCUT2D eigenvalue weighted by Crippen LogP contribution is -2.50. The molecule has 2 atom stereocenters. The Morgan fingerprint density at radius 3 is 2.58 bits per heavy atom. The highest BCUT2D eigenvalue weighted by Gasteiger charge is 2.36. The van der Waals surface area contributed by atoms with Crippen LogP contribution >= 0.6 is 0 Å². The van der Waals surface area contributed by atoms with Crippen molar-refractivity contribution in [2.24, 2.45) is 5.92 Å². The Labute approximate surface area is 77.1 Å². The average Bonchev–Trinajstić information content (AvgIpc) is 2.09. The van der Waals surface area contributed by atoms with Gasteiger partial charge in [0.2, 0.25) is 0 Å². The maximum absolute atomic E-state index is 2.52. The molecule has 0 aromatic carbocycles. The van der Waals surface area contributed by atoms with Gasteiger partial charge in [-0.1, -0.05) is 26.7 Å². The molecule has 12 heavy (non-hydrogen) atoms. The summed E-state index contributed by atoms with van der Waals surface area (Å²) >= 11 is 0. The first-order valence-corrected chi connectivity index (χ1v) is 5.32. The summed E-state index contributed by atoms with van der Waals surface area (Å²) in [5.74, 6) is 0.871. The smallest absolute Gasteiger partial charge is 0.0203 e. The Hall–Kier alpha value is -0.0400. The van der Waals surface area contributed by atoms with Crippen molar-refractivity contribution < 1.29 is 0 Å². The van der Waals surface area contributed by atoms with Crippen LogP contribution in [0.15, 0.2) is 0 Å². The lowest BCUT2D eigenvalue weighted by molar-refractivity contribution is 0.0473. The Balaban J connectivity index is 2.65. The molecule has 72 valence electrons. The normalized spacial score (nSPS) is 37.2. The van der Waals surface area contributed by atoms with Crippen molar-refractivity contribution in [1.82, 2.24) is 4.90 Å². The molecule has 0 aromatic rings. The summed E-state index contributed by atoms with van der Waals surface area (Å²) in [5, 5.41) is 0. The van der Waals surface area contributed by atoms with Crippen molar-refractivity contribution >= 4 is 0 Å². The minimum atomic E-state index is 0.479. The molecule has 0 N–H and O–H groups in total. The molecule has 0 spiro atoms. The van der Waals surface area contributed by atoms with Gasteiger partial charge in [0.05, 0.1) is 0 Å². The first kappa shape index (κ1) is 10.0. The molecule has 0 radical (unpaired) electrons. The van der Waals surface area contributed by atoms with E-state index >= 15 is 0 Å². The van der Waals surface area contributed by atoms with Gasteiger partial charge in [-0.15, -0.1) is 0 Å². The van der Waals surface area contributed by atoms with Gasteiger partial charge in [0.1, 0.15) is 0 Å². The van der Waals surface area contributed by atoms with E-state index in [1.807, 2.05) is 0 Å². The van der Waals surface area contributed by atoms with E-state index in [-0.39, 0.29) is 0 Å². The van der Waals surface area contributed by atoms with Crippen molar-refractivity contribution in [3.63, 3.8) is 0 Å². The molecule has 1 saturated carbocycles. The molecule has 0 heterocycles. The van der Waals surface area contributed by atoms with Crippen LogP contribution in [-0.2, 0) is 0 Å². The molecular weight excluding hydrogens is 146 g/mol. The summed E-state index contributed by atoms with van der Waals surface area (Å²) in [6, 6.07) is 0. The summed E-state index contributed by atoms with van der Waals surface area (Å²) in [6.07, 6.45) is 5.67. The van der Waals surface area contributed by atoms with Crippen molar-refractivity contribution in [3.8, 4) is 0 Å². The highest BCUT2D eigenvalue weighted by atomic mass is 15.2. The monoisotopic (exact) mass is 169 g/mol. The Kier molecular flexibility index (Phi) is 3.16. The van der Waals surface area contributed by atoms with Crippen LogP contribution in [0.1, 0.15) is 46.5 Å². The van der Waals surface area contributed by atoms with Crippen molar-refractivity contribution in [3.05, 3.63) is 0 Å². The second-order valence-corrected chi connectivity index (χ2v) is 4.52. The number of hydrogen-bond acceptors (Lipinski definition) is 1. The van der Waals surface area contributed by atoms with Crippen molar-refractivity contribution in [2.75, 3.05) is 13.6 Å². The van der Waals surface area contributed by atoms with Gasteiger partial charge in [-0.25, -0.2) is 0 Å². The summed E-state index contributed by atoms with van der Waals surface area (Å²) in [4.78, 5) is 2.52. The molecule has 0 saturated heterocycles. The second-order valence-electron chi connectivity index (χ2n) is 4.52. The molecule has 2 unspecified atom stereocenters. The summed E-state index contributed by atoms with van der Waals surface area (Å²) in [6.45, 7) is 8.28. The average molecular weight is 169 g/mol. The van der Waals surface area contributed by atoms with Crippen LogP contribution in [0, 0.1) is 5.92 Å².